The van der Waals surface area contributed by atoms with E-state index in [2.05, 4.69) is 15.4 Å². The van der Waals surface area contributed by atoms with Crippen LogP contribution in [-0.4, -0.2) is 14.5 Å². The van der Waals surface area contributed by atoms with E-state index in [-0.39, 0.29) is 5.56 Å². The predicted molar refractivity (Wildman–Crippen MR) is 75.0 cm³/mol. The fourth-order valence-corrected chi connectivity index (χ4v) is 2.55. The summed E-state index contributed by atoms with van der Waals surface area (Å²) >= 11 is 1.46. The van der Waals surface area contributed by atoms with E-state index in [0.717, 1.165) is 10.5 Å². The van der Waals surface area contributed by atoms with Gasteiger partial charge in [0, 0.05) is 0 Å². The van der Waals surface area contributed by atoms with E-state index in [9.17, 15) is 4.79 Å². The lowest BCUT2D eigenvalue weighted by molar-refractivity contribution is 0.731. The van der Waals surface area contributed by atoms with Gasteiger partial charge in [-0.05, 0) is 23.6 Å². The van der Waals surface area contributed by atoms with Crippen molar-refractivity contribution < 1.29 is 0 Å². The summed E-state index contributed by atoms with van der Waals surface area (Å²) in [5.74, 6) is 5.88. The van der Waals surface area contributed by atoms with E-state index in [1.54, 1.807) is 18.5 Å². The molecule has 0 unspecified atom stereocenters. The van der Waals surface area contributed by atoms with Crippen LogP contribution >= 0.6 is 11.3 Å². The molecule has 3 heterocycles. The number of thiophene rings is 1. The Bertz CT molecular complexity index is 779. The van der Waals surface area contributed by atoms with Crippen LogP contribution in [0.2, 0.25) is 0 Å². The van der Waals surface area contributed by atoms with Crippen molar-refractivity contribution in [3.8, 4) is 0 Å². The molecular formula is C12H11N5OS. The molecule has 3 N–H and O–H groups in total. The zero-order valence-corrected chi connectivity index (χ0v) is 10.7. The first kappa shape index (κ1) is 11.8. The number of aromatic nitrogens is 3. The van der Waals surface area contributed by atoms with Crippen LogP contribution in [0.15, 0.2) is 40.8 Å². The lowest BCUT2D eigenvalue weighted by Crippen LogP contribution is -2.21. The monoisotopic (exact) mass is 273 g/mol. The zero-order chi connectivity index (χ0) is 13.2. The van der Waals surface area contributed by atoms with Gasteiger partial charge in [0.25, 0.3) is 5.56 Å². The minimum atomic E-state index is -0.0563. The highest BCUT2D eigenvalue weighted by atomic mass is 32.1. The smallest absolute Gasteiger partial charge is 0.262 e. The molecule has 3 rings (SSSR count). The largest absolute Gasteiger partial charge is 0.308 e. The van der Waals surface area contributed by atoms with Gasteiger partial charge in [-0.2, -0.15) is 0 Å². The number of anilines is 1. The summed E-state index contributed by atoms with van der Waals surface area (Å²) in [5, 5.41) is 2.50. The van der Waals surface area contributed by atoms with E-state index in [4.69, 9.17) is 5.84 Å². The quantitative estimate of drug-likeness (QED) is 0.553. The summed E-state index contributed by atoms with van der Waals surface area (Å²) in [7, 11) is 0. The molecule has 0 spiro atoms. The molecule has 0 aliphatic carbocycles. The number of hydrogen-bond acceptors (Lipinski definition) is 6. The van der Waals surface area contributed by atoms with Gasteiger partial charge < -0.3 is 5.43 Å². The van der Waals surface area contributed by atoms with E-state index < -0.39 is 0 Å². The Morgan fingerprint density at radius 2 is 2.26 bits per heavy atom. The minimum absolute atomic E-state index is 0.0563. The highest BCUT2D eigenvalue weighted by Gasteiger charge is 2.06. The van der Waals surface area contributed by atoms with Crippen molar-refractivity contribution in [1.82, 2.24) is 14.5 Å². The number of nitrogen functional groups attached to an aromatic ring is 1. The summed E-state index contributed by atoms with van der Waals surface area (Å²) in [6, 6.07) is 7.22. The molecule has 96 valence electrons. The molecule has 0 saturated carbocycles. The van der Waals surface area contributed by atoms with Gasteiger partial charge in [0.2, 0.25) is 0 Å². The third-order valence-corrected chi connectivity index (χ3v) is 3.56. The molecule has 3 aromatic rings. The zero-order valence-electron chi connectivity index (χ0n) is 9.91. The Morgan fingerprint density at radius 1 is 1.37 bits per heavy atom. The van der Waals surface area contributed by atoms with Crippen molar-refractivity contribution in [2.45, 2.75) is 6.54 Å². The number of nitrogens with one attached hydrogen (secondary N) is 1. The molecule has 19 heavy (non-hydrogen) atoms. The summed E-state index contributed by atoms with van der Waals surface area (Å²) in [4.78, 5) is 21.5. The normalized spacial score (nSPS) is 10.8. The van der Waals surface area contributed by atoms with Crippen LogP contribution in [0.1, 0.15) is 5.69 Å². The lowest BCUT2D eigenvalue weighted by atomic mass is 10.3. The van der Waals surface area contributed by atoms with Crippen molar-refractivity contribution in [2.24, 2.45) is 5.84 Å². The minimum Gasteiger partial charge on any atom is -0.308 e. The molecule has 0 aliphatic heterocycles. The molecule has 0 atom stereocenters. The number of nitrogens with zero attached hydrogens (tertiary/aromatic N) is 3. The second-order valence-electron chi connectivity index (χ2n) is 3.98. The first-order valence-corrected chi connectivity index (χ1v) is 6.51. The third kappa shape index (κ3) is 2.20. The van der Waals surface area contributed by atoms with Crippen molar-refractivity contribution in [3.05, 3.63) is 52.0 Å². The Kier molecular flexibility index (Phi) is 2.98. The summed E-state index contributed by atoms with van der Waals surface area (Å²) in [6.45, 7) is 0.368. The number of hydrazine groups is 1. The number of hydrogen-bond donors (Lipinski definition) is 2. The standard InChI is InChI=1S/C12H11N5OS/c13-16-10-3-1-2-8(15-10)6-17-7-14-11-9(12(17)18)4-5-19-11/h1-5,7H,6,13H2,(H,15,16). The number of nitrogens with two attached hydrogens (primary N) is 1. The maximum atomic E-state index is 12.2. The van der Waals surface area contributed by atoms with Crippen LogP contribution in [0.4, 0.5) is 5.82 Å². The SMILES string of the molecule is NNc1cccc(Cn2cnc3sccc3c2=O)n1. The Labute approximate surface area is 112 Å². The highest BCUT2D eigenvalue weighted by Crippen LogP contribution is 2.13. The van der Waals surface area contributed by atoms with E-state index in [1.807, 2.05) is 17.5 Å². The predicted octanol–water partition coefficient (Wildman–Crippen LogP) is 1.19. The van der Waals surface area contributed by atoms with Crippen molar-refractivity contribution in [1.29, 1.82) is 0 Å². The molecular weight excluding hydrogens is 262 g/mol. The molecule has 0 saturated heterocycles. The van der Waals surface area contributed by atoms with Crippen LogP contribution in [-0.2, 0) is 6.54 Å². The summed E-state index contributed by atoms with van der Waals surface area (Å²) < 4.78 is 1.54. The molecule has 0 amide bonds. The molecule has 0 aliphatic rings. The van der Waals surface area contributed by atoms with Crippen molar-refractivity contribution in [3.63, 3.8) is 0 Å². The van der Waals surface area contributed by atoms with Gasteiger partial charge in [-0.15, -0.1) is 11.3 Å². The molecule has 6 nitrogen and oxygen atoms in total. The summed E-state index contributed by atoms with van der Waals surface area (Å²) in [5.41, 5.74) is 3.17. The summed E-state index contributed by atoms with van der Waals surface area (Å²) in [6.07, 6.45) is 1.55. The first-order valence-electron chi connectivity index (χ1n) is 5.63. The van der Waals surface area contributed by atoms with E-state index in [0.29, 0.717) is 17.7 Å². The van der Waals surface area contributed by atoms with Gasteiger partial charge in [-0.25, -0.2) is 15.8 Å². The van der Waals surface area contributed by atoms with E-state index in [1.165, 1.54) is 15.9 Å². The molecule has 3 aromatic heterocycles. The van der Waals surface area contributed by atoms with Crippen LogP contribution in [0, 0.1) is 0 Å². The fourth-order valence-electron chi connectivity index (χ4n) is 1.83. The second-order valence-corrected chi connectivity index (χ2v) is 4.87. The number of pyridine rings is 1. The molecule has 0 bridgehead atoms. The average molecular weight is 273 g/mol. The Hall–Kier alpha value is -2.25. The van der Waals surface area contributed by atoms with Gasteiger partial charge in [0.15, 0.2) is 0 Å². The average Bonchev–Trinajstić information content (AvgIpc) is 2.91. The van der Waals surface area contributed by atoms with Crippen LogP contribution < -0.4 is 16.8 Å². The van der Waals surface area contributed by atoms with Gasteiger partial charge in [0.05, 0.1) is 24.0 Å². The van der Waals surface area contributed by atoms with Gasteiger partial charge in [-0.1, -0.05) is 6.07 Å². The number of rotatable bonds is 3. The van der Waals surface area contributed by atoms with Crippen molar-refractivity contribution >= 4 is 27.4 Å². The van der Waals surface area contributed by atoms with Gasteiger partial charge in [0.1, 0.15) is 10.6 Å². The van der Waals surface area contributed by atoms with Crippen LogP contribution in [0.25, 0.3) is 10.2 Å². The maximum Gasteiger partial charge on any atom is 0.262 e. The fraction of sp³-hybridized carbons (Fsp3) is 0.0833. The Morgan fingerprint density at radius 3 is 3.11 bits per heavy atom. The van der Waals surface area contributed by atoms with Crippen LogP contribution in [0.5, 0.6) is 0 Å². The van der Waals surface area contributed by atoms with E-state index >= 15 is 0 Å². The lowest BCUT2D eigenvalue weighted by Gasteiger charge is -2.06. The van der Waals surface area contributed by atoms with Crippen LogP contribution in [0.3, 0.4) is 0 Å². The molecule has 0 radical (unpaired) electrons. The highest BCUT2D eigenvalue weighted by molar-refractivity contribution is 7.16. The maximum absolute atomic E-state index is 12.2. The molecule has 0 fully saturated rings. The topological polar surface area (TPSA) is 85.8 Å². The van der Waals surface area contributed by atoms with Gasteiger partial charge >= 0.3 is 0 Å². The number of fused-ring (bicyclic) bond motifs is 1. The first-order chi connectivity index (χ1) is 9.28. The molecule has 7 heteroatoms. The Balaban J connectivity index is 2.00. The second kappa shape index (κ2) is 4.79. The van der Waals surface area contributed by atoms with Crippen molar-refractivity contribution in [2.75, 3.05) is 5.43 Å². The molecule has 0 aromatic carbocycles. The van der Waals surface area contributed by atoms with Gasteiger partial charge in [-0.3, -0.25) is 9.36 Å². The third-order valence-electron chi connectivity index (χ3n) is 2.74.